The van der Waals surface area contributed by atoms with E-state index in [-0.39, 0.29) is 5.02 Å². The van der Waals surface area contributed by atoms with Crippen molar-refractivity contribution in [3.63, 3.8) is 0 Å². The van der Waals surface area contributed by atoms with E-state index in [1.807, 2.05) is 0 Å². The molecule has 1 aliphatic rings. The molecule has 0 bridgehead atoms. The van der Waals surface area contributed by atoms with Gasteiger partial charge in [0.2, 0.25) is 0 Å². The van der Waals surface area contributed by atoms with Crippen LogP contribution in [0.4, 0.5) is 5.69 Å². The summed E-state index contributed by atoms with van der Waals surface area (Å²) in [7, 11) is -3.91. The van der Waals surface area contributed by atoms with Crippen LogP contribution in [0.5, 0.6) is 0 Å². The Morgan fingerprint density at radius 1 is 1.21 bits per heavy atom. The highest BCUT2D eigenvalue weighted by molar-refractivity contribution is 7.89. The molecular weight excluding hydrogens is 292 g/mol. The molecule has 0 amide bonds. The zero-order chi connectivity index (χ0) is 14.0. The van der Waals surface area contributed by atoms with Gasteiger partial charge in [0.15, 0.2) is 4.90 Å². The van der Waals surface area contributed by atoms with Crippen molar-refractivity contribution < 1.29 is 13.3 Å². The van der Waals surface area contributed by atoms with Gasteiger partial charge >= 0.3 is 0 Å². The highest BCUT2D eigenvalue weighted by atomic mass is 35.5. The molecule has 0 saturated carbocycles. The minimum atomic E-state index is -3.91. The topological polar surface area (TPSA) is 80.5 Å². The standard InChI is InChI=1S/C11H13ClN2O4S/c12-9-5-4-6-10(14(15)16)11(9)19(17,18)13-7-2-1-3-8-13/h4-6H,1-3,7-8H2. The van der Waals surface area contributed by atoms with Gasteiger partial charge < -0.3 is 0 Å². The monoisotopic (exact) mass is 304 g/mol. The second-order valence-corrected chi connectivity index (χ2v) is 6.59. The number of benzene rings is 1. The summed E-state index contributed by atoms with van der Waals surface area (Å²) in [4.78, 5) is 9.85. The maximum absolute atomic E-state index is 12.5. The fourth-order valence-electron chi connectivity index (χ4n) is 2.13. The molecule has 1 saturated heterocycles. The zero-order valence-corrected chi connectivity index (χ0v) is 11.7. The molecule has 0 atom stereocenters. The van der Waals surface area contributed by atoms with Gasteiger partial charge in [-0.1, -0.05) is 24.1 Å². The normalized spacial score (nSPS) is 17.3. The number of halogens is 1. The lowest BCUT2D eigenvalue weighted by atomic mass is 10.2. The Hall–Kier alpha value is -1.18. The van der Waals surface area contributed by atoms with Crippen molar-refractivity contribution in [1.29, 1.82) is 0 Å². The number of hydrogen-bond acceptors (Lipinski definition) is 4. The Morgan fingerprint density at radius 2 is 1.84 bits per heavy atom. The second-order valence-electron chi connectivity index (χ2n) is 4.31. The molecule has 1 heterocycles. The molecule has 0 aliphatic carbocycles. The molecule has 0 radical (unpaired) electrons. The maximum Gasteiger partial charge on any atom is 0.290 e. The van der Waals surface area contributed by atoms with Gasteiger partial charge in [-0.25, -0.2) is 8.42 Å². The van der Waals surface area contributed by atoms with Crippen molar-refractivity contribution in [2.45, 2.75) is 24.2 Å². The molecule has 8 heteroatoms. The Kier molecular flexibility index (Phi) is 4.07. The summed E-state index contributed by atoms with van der Waals surface area (Å²) in [6.07, 6.45) is 2.49. The molecule has 0 N–H and O–H groups in total. The minimum absolute atomic E-state index is 0.111. The van der Waals surface area contributed by atoms with E-state index >= 15 is 0 Å². The number of nitro benzene ring substituents is 1. The third-order valence-corrected chi connectivity index (χ3v) is 5.47. The first-order valence-electron chi connectivity index (χ1n) is 5.87. The predicted molar refractivity (Wildman–Crippen MR) is 70.7 cm³/mol. The average molecular weight is 305 g/mol. The highest BCUT2D eigenvalue weighted by Gasteiger charge is 2.34. The van der Waals surface area contributed by atoms with Crippen molar-refractivity contribution in [3.8, 4) is 0 Å². The third-order valence-electron chi connectivity index (χ3n) is 3.06. The number of rotatable bonds is 3. The van der Waals surface area contributed by atoms with E-state index < -0.39 is 25.5 Å². The summed E-state index contributed by atoms with van der Waals surface area (Å²) in [5.41, 5.74) is -0.474. The number of piperidine rings is 1. The number of hydrogen-bond donors (Lipinski definition) is 0. The number of nitro groups is 1. The van der Waals surface area contributed by atoms with Gasteiger partial charge in [0.25, 0.3) is 15.7 Å². The van der Waals surface area contributed by atoms with E-state index in [0.717, 1.165) is 25.3 Å². The first kappa shape index (κ1) is 14.2. The summed E-state index contributed by atoms with van der Waals surface area (Å²) in [5, 5.41) is 10.9. The molecule has 1 aromatic carbocycles. The smallest absolute Gasteiger partial charge is 0.258 e. The van der Waals surface area contributed by atoms with Gasteiger partial charge in [0, 0.05) is 19.2 Å². The Labute approximate surface area is 116 Å². The maximum atomic E-state index is 12.5. The van der Waals surface area contributed by atoms with Crippen molar-refractivity contribution in [2.75, 3.05) is 13.1 Å². The van der Waals surface area contributed by atoms with Crippen LogP contribution < -0.4 is 0 Å². The molecule has 6 nitrogen and oxygen atoms in total. The quantitative estimate of drug-likeness (QED) is 0.634. The molecule has 0 spiro atoms. The molecule has 104 valence electrons. The van der Waals surface area contributed by atoms with E-state index in [1.54, 1.807) is 0 Å². The van der Waals surface area contributed by atoms with Crippen LogP contribution >= 0.6 is 11.6 Å². The molecule has 1 aliphatic heterocycles. The van der Waals surface area contributed by atoms with Crippen LogP contribution in [0.15, 0.2) is 23.1 Å². The van der Waals surface area contributed by atoms with Crippen molar-refractivity contribution >= 4 is 27.3 Å². The lowest BCUT2D eigenvalue weighted by molar-refractivity contribution is -0.387. The largest absolute Gasteiger partial charge is 0.290 e. The van der Waals surface area contributed by atoms with Crippen LogP contribution in [0, 0.1) is 10.1 Å². The fourth-order valence-corrected chi connectivity index (χ4v) is 4.31. The zero-order valence-electron chi connectivity index (χ0n) is 10.1. The van der Waals surface area contributed by atoms with Crippen molar-refractivity contribution in [3.05, 3.63) is 33.3 Å². The summed E-state index contributed by atoms with van der Waals surface area (Å²) < 4.78 is 26.2. The predicted octanol–water partition coefficient (Wildman–Crippen LogP) is 2.42. The highest BCUT2D eigenvalue weighted by Crippen LogP contribution is 2.34. The molecule has 0 unspecified atom stereocenters. The number of sulfonamides is 1. The lowest BCUT2D eigenvalue weighted by Gasteiger charge is -2.25. The van der Waals surface area contributed by atoms with Crippen molar-refractivity contribution in [2.24, 2.45) is 0 Å². The summed E-state index contributed by atoms with van der Waals surface area (Å²) in [5.74, 6) is 0. The molecular formula is C11H13ClN2O4S. The van der Waals surface area contributed by atoms with Gasteiger partial charge in [-0.15, -0.1) is 0 Å². The summed E-state index contributed by atoms with van der Waals surface area (Å²) in [6, 6.07) is 3.88. The van der Waals surface area contributed by atoms with Crippen LogP contribution in [0.2, 0.25) is 5.02 Å². The van der Waals surface area contributed by atoms with Crippen LogP contribution in [-0.4, -0.2) is 30.7 Å². The van der Waals surface area contributed by atoms with E-state index in [4.69, 9.17) is 11.6 Å². The molecule has 2 rings (SSSR count). The van der Waals surface area contributed by atoms with E-state index in [9.17, 15) is 18.5 Å². The first-order chi connectivity index (χ1) is 8.94. The fraction of sp³-hybridized carbons (Fsp3) is 0.455. The van der Waals surface area contributed by atoms with E-state index in [0.29, 0.717) is 13.1 Å². The van der Waals surface area contributed by atoms with Crippen LogP contribution in [0.3, 0.4) is 0 Å². The summed E-state index contributed by atoms with van der Waals surface area (Å²) >= 11 is 5.87. The second kappa shape index (κ2) is 5.44. The molecule has 0 aromatic heterocycles. The van der Waals surface area contributed by atoms with Gasteiger partial charge in [-0.05, 0) is 18.9 Å². The van der Waals surface area contributed by atoms with Crippen LogP contribution in [0.25, 0.3) is 0 Å². The number of nitrogens with zero attached hydrogens (tertiary/aromatic N) is 2. The minimum Gasteiger partial charge on any atom is -0.258 e. The summed E-state index contributed by atoms with van der Waals surface area (Å²) in [6.45, 7) is 0.759. The molecule has 19 heavy (non-hydrogen) atoms. The molecule has 1 aromatic rings. The Balaban J connectivity index is 2.53. The van der Waals surface area contributed by atoms with Gasteiger partial charge in [0.05, 0.1) is 9.95 Å². The molecule has 1 fully saturated rings. The van der Waals surface area contributed by atoms with Crippen LogP contribution in [-0.2, 0) is 10.0 Å². The van der Waals surface area contributed by atoms with Gasteiger partial charge in [0.1, 0.15) is 0 Å². The van der Waals surface area contributed by atoms with E-state index in [2.05, 4.69) is 0 Å². The van der Waals surface area contributed by atoms with E-state index in [1.165, 1.54) is 16.4 Å². The Morgan fingerprint density at radius 3 is 2.42 bits per heavy atom. The lowest BCUT2D eigenvalue weighted by Crippen LogP contribution is -2.36. The first-order valence-corrected chi connectivity index (χ1v) is 7.69. The SMILES string of the molecule is O=[N+]([O-])c1cccc(Cl)c1S(=O)(=O)N1CCCCC1. The van der Waals surface area contributed by atoms with Crippen molar-refractivity contribution in [1.82, 2.24) is 4.31 Å². The van der Waals surface area contributed by atoms with Crippen LogP contribution in [0.1, 0.15) is 19.3 Å². The third kappa shape index (κ3) is 2.72. The van der Waals surface area contributed by atoms with Gasteiger partial charge in [-0.3, -0.25) is 10.1 Å². The average Bonchev–Trinajstić information content (AvgIpc) is 2.39. The van der Waals surface area contributed by atoms with Gasteiger partial charge in [-0.2, -0.15) is 4.31 Å². The Bertz CT molecular complexity index is 597.